The molecule has 0 saturated carbocycles. The Morgan fingerprint density at radius 3 is 2.58 bits per heavy atom. The molecule has 0 radical (unpaired) electrons. The van der Waals surface area contributed by atoms with Gasteiger partial charge in [0.2, 0.25) is 0 Å². The van der Waals surface area contributed by atoms with Crippen LogP contribution in [0.25, 0.3) is 0 Å². The zero-order valence-corrected chi connectivity index (χ0v) is 11.4. The Morgan fingerprint density at radius 2 is 1.89 bits per heavy atom. The van der Waals surface area contributed by atoms with Crippen LogP contribution in [0.15, 0.2) is 36.5 Å². The summed E-state index contributed by atoms with van der Waals surface area (Å²) in [5.74, 6) is 2.08. The van der Waals surface area contributed by atoms with E-state index in [0.29, 0.717) is 23.9 Å². The molecular weight excluding hydrogens is 264 g/mol. The molecule has 1 aromatic carbocycles. The van der Waals surface area contributed by atoms with Gasteiger partial charge in [-0.3, -0.25) is 0 Å². The Morgan fingerprint density at radius 1 is 1.21 bits per heavy atom. The number of rotatable bonds is 5. The number of halogens is 1. The minimum absolute atomic E-state index is 0.489. The van der Waals surface area contributed by atoms with Gasteiger partial charge in [-0.05, 0) is 35.9 Å². The maximum Gasteiger partial charge on any atom is 0.126 e. The first-order valence-corrected chi connectivity index (χ1v) is 6.23. The summed E-state index contributed by atoms with van der Waals surface area (Å²) >= 11 is 5.87. The lowest BCUT2D eigenvalue weighted by atomic mass is 10.2. The fraction of sp³-hybridized carbons (Fsp3) is 0.214. The molecule has 0 spiro atoms. The molecule has 2 aromatic rings. The fourth-order valence-corrected chi connectivity index (χ4v) is 1.82. The Kier molecular flexibility index (Phi) is 4.47. The van der Waals surface area contributed by atoms with Crippen LogP contribution < -0.4 is 15.2 Å². The smallest absolute Gasteiger partial charge is 0.126 e. The van der Waals surface area contributed by atoms with Gasteiger partial charge in [0.25, 0.3) is 0 Å². The van der Waals surface area contributed by atoms with Gasteiger partial charge in [-0.1, -0.05) is 11.6 Å². The molecule has 0 fully saturated rings. The highest BCUT2D eigenvalue weighted by molar-refractivity contribution is 6.30. The third kappa shape index (κ3) is 3.76. The monoisotopic (exact) mass is 278 g/mol. The minimum Gasteiger partial charge on any atom is -0.497 e. The predicted octanol–water partition coefficient (Wildman–Crippen LogP) is 2.95. The predicted molar refractivity (Wildman–Crippen MR) is 75.9 cm³/mol. The first-order valence-electron chi connectivity index (χ1n) is 5.86. The van der Waals surface area contributed by atoms with Crippen LogP contribution in [0.3, 0.4) is 0 Å². The molecule has 0 unspecified atom stereocenters. The van der Waals surface area contributed by atoms with Gasteiger partial charge < -0.3 is 15.2 Å². The number of methoxy groups -OCH3 is 1. The van der Waals surface area contributed by atoms with Crippen molar-refractivity contribution in [3.05, 3.63) is 47.1 Å². The number of pyridine rings is 1. The first-order chi connectivity index (χ1) is 9.19. The fourth-order valence-electron chi connectivity index (χ4n) is 1.64. The van der Waals surface area contributed by atoms with Crippen molar-refractivity contribution < 1.29 is 9.47 Å². The molecule has 19 heavy (non-hydrogen) atoms. The van der Waals surface area contributed by atoms with Crippen molar-refractivity contribution in [1.29, 1.82) is 0 Å². The van der Waals surface area contributed by atoms with E-state index in [0.717, 1.165) is 17.1 Å². The summed E-state index contributed by atoms with van der Waals surface area (Å²) in [6, 6.07) is 9.23. The van der Waals surface area contributed by atoms with E-state index in [1.165, 1.54) is 6.20 Å². The van der Waals surface area contributed by atoms with Crippen molar-refractivity contribution in [2.75, 3.05) is 19.5 Å². The highest BCUT2D eigenvalue weighted by Crippen LogP contribution is 2.18. The van der Waals surface area contributed by atoms with Crippen LogP contribution in [0.5, 0.6) is 11.5 Å². The number of nitrogens with two attached hydrogens (primary N) is 1. The van der Waals surface area contributed by atoms with Crippen molar-refractivity contribution in [2.24, 2.45) is 0 Å². The number of anilines is 1. The van der Waals surface area contributed by atoms with Crippen molar-refractivity contribution >= 4 is 17.4 Å². The zero-order chi connectivity index (χ0) is 13.7. The second-order valence-electron chi connectivity index (χ2n) is 3.97. The quantitative estimate of drug-likeness (QED) is 0.913. The molecule has 0 aliphatic rings. The maximum absolute atomic E-state index is 5.87. The van der Waals surface area contributed by atoms with E-state index in [1.807, 2.05) is 24.3 Å². The van der Waals surface area contributed by atoms with Crippen molar-refractivity contribution in [2.45, 2.75) is 6.42 Å². The standard InChI is InChI=1S/C14H15ClN2O2/c1-18-12-2-4-13(5-3-12)19-7-6-10-8-11(15)9-17-14(10)16/h2-5,8-9H,6-7H2,1H3,(H2,16,17). The summed E-state index contributed by atoms with van der Waals surface area (Å²) in [7, 11) is 1.63. The van der Waals surface area contributed by atoms with Crippen molar-refractivity contribution in [3.8, 4) is 11.5 Å². The highest BCUT2D eigenvalue weighted by Gasteiger charge is 2.02. The second kappa shape index (κ2) is 6.29. The van der Waals surface area contributed by atoms with E-state index in [1.54, 1.807) is 13.2 Å². The SMILES string of the molecule is COc1ccc(OCCc2cc(Cl)cnc2N)cc1. The minimum atomic E-state index is 0.489. The highest BCUT2D eigenvalue weighted by atomic mass is 35.5. The summed E-state index contributed by atoms with van der Waals surface area (Å²) < 4.78 is 10.7. The van der Waals surface area contributed by atoms with Gasteiger partial charge in [-0.15, -0.1) is 0 Å². The first kappa shape index (κ1) is 13.5. The number of hydrogen-bond donors (Lipinski definition) is 1. The molecular formula is C14H15ClN2O2. The number of nitrogens with zero attached hydrogens (tertiary/aromatic N) is 1. The molecule has 0 amide bonds. The molecule has 1 heterocycles. The van der Waals surface area contributed by atoms with Crippen LogP contribution in [0, 0.1) is 0 Å². The molecule has 2 N–H and O–H groups in total. The van der Waals surface area contributed by atoms with Crippen LogP contribution in [0.1, 0.15) is 5.56 Å². The van der Waals surface area contributed by atoms with E-state index in [4.69, 9.17) is 26.8 Å². The normalized spacial score (nSPS) is 10.2. The largest absolute Gasteiger partial charge is 0.497 e. The average molecular weight is 279 g/mol. The van der Waals surface area contributed by atoms with Crippen LogP contribution in [0.4, 0.5) is 5.82 Å². The molecule has 0 atom stereocenters. The molecule has 0 aliphatic carbocycles. The Balaban J connectivity index is 1.90. The summed E-state index contributed by atoms with van der Waals surface area (Å²) in [5, 5.41) is 0.577. The van der Waals surface area contributed by atoms with Gasteiger partial charge in [-0.2, -0.15) is 0 Å². The van der Waals surface area contributed by atoms with E-state index in [9.17, 15) is 0 Å². The third-order valence-corrected chi connectivity index (χ3v) is 2.87. The van der Waals surface area contributed by atoms with E-state index in [-0.39, 0.29) is 0 Å². The van der Waals surface area contributed by atoms with Gasteiger partial charge in [0.1, 0.15) is 17.3 Å². The number of benzene rings is 1. The van der Waals surface area contributed by atoms with E-state index < -0.39 is 0 Å². The zero-order valence-electron chi connectivity index (χ0n) is 10.6. The summed E-state index contributed by atoms with van der Waals surface area (Å²) in [6.45, 7) is 0.512. The van der Waals surface area contributed by atoms with Gasteiger partial charge in [0, 0.05) is 12.6 Å². The van der Waals surface area contributed by atoms with Crippen LogP contribution in [0.2, 0.25) is 5.02 Å². The van der Waals surface area contributed by atoms with Crippen LogP contribution in [-0.2, 0) is 6.42 Å². The van der Waals surface area contributed by atoms with Gasteiger partial charge in [-0.25, -0.2) is 4.98 Å². The van der Waals surface area contributed by atoms with Crippen molar-refractivity contribution in [1.82, 2.24) is 4.98 Å². The van der Waals surface area contributed by atoms with Gasteiger partial charge in [0.15, 0.2) is 0 Å². The summed E-state index contributed by atoms with van der Waals surface area (Å²) in [4.78, 5) is 4.00. The molecule has 1 aromatic heterocycles. The summed E-state index contributed by atoms with van der Waals surface area (Å²) in [6.07, 6.45) is 2.19. The maximum atomic E-state index is 5.87. The third-order valence-electron chi connectivity index (χ3n) is 2.67. The molecule has 5 heteroatoms. The Hall–Kier alpha value is -1.94. The number of aromatic nitrogens is 1. The van der Waals surface area contributed by atoms with Gasteiger partial charge in [0.05, 0.1) is 18.7 Å². The lowest BCUT2D eigenvalue weighted by Gasteiger charge is -2.08. The molecule has 2 rings (SSSR count). The number of hydrogen-bond acceptors (Lipinski definition) is 4. The second-order valence-corrected chi connectivity index (χ2v) is 4.41. The Bertz CT molecular complexity index is 544. The molecule has 4 nitrogen and oxygen atoms in total. The topological polar surface area (TPSA) is 57.4 Å². The van der Waals surface area contributed by atoms with Gasteiger partial charge >= 0.3 is 0 Å². The Labute approximate surface area is 117 Å². The molecule has 0 aliphatic heterocycles. The van der Waals surface area contributed by atoms with E-state index >= 15 is 0 Å². The number of nitrogen functional groups attached to an aromatic ring is 1. The van der Waals surface area contributed by atoms with E-state index in [2.05, 4.69) is 4.98 Å². The molecule has 0 saturated heterocycles. The van der Waals surface area contributed by atoms with Crippen LogP contribution in [-0.4, -0.2) is 18.7 Å². The number of ether oxygens (including phenoxy) is 2. The summed E-state index contributed by atoms with van der Waals surface area (Å²) in [5.41, 5.74) is 6.65. The average Bonchev–Trinajstić information content (AvgIpc) is 2.43. The molecule has 100 valence electrons. The lowest BCUT2D eigenvalue weighted by Crippen LogP contribution is -2.05. The van der Waals surface area contributed by atoms with Crippen molar-refractivity contribution in [3.63, 3.8) is 0 Å². The lowest BCUT2D eigenvalue weighted by molar-refractivity contribution is 0.321. The van der Waals surface area contributed by atoms with Crippen LogP contribution >= 0.6 is 11.6 Å². The molecule has 0 bridgehead atoms.